The summed E-state index contributed by atoms with van der Waals surface area (Å²) < 4.78 is 4.88. The number of amides is 1. The van der Waals surface area contributed by atoms with Crippen LogP contribution in [0.25, 0.3) is 0 Å². The van der Waals surface area contributed by atoms with Crippen LogP contribution in [0.4, 0.5) is 10.5 Å². The fourth-order valence-electron chi connectivity index (χ4n) is 1.75. The van der Waals surface area contributed by atoms with Crippen molar-refractivity contribution in [2.75, 3.05) is 5.32 Å². The van der Waals surface area contributed by atoms with Crippen LogP contribution in [0.1, 0.15) is 25.0 Å². The minimum atomic E-state index is -0.357. The topological polar surface area (TPSA) is 38.3 Å². The molecule has 0 fully saturated rings. The summed E-state index contributed by atoms with van der Waals surface area (Å²) in [6, 6.07) is 6.15. The lowest BCUT2D eigenvalue weighted by Crippen LogP contribution is -2.20. The number of benzene rings is 1. The van der Waals surface area contributed by atoms with Crippen LogP contribution < -0.4 is 5.32 Å². The number of hydrogen-bond acceptors (Lipinski definition) is 2. The Labute approximate surface area is 89.4 Å². The van der Waals surface area contributed by atoms with Gasteiger partial charge in [-0.1, -0.05) is 26.0 Å². The minimum Gasteiger partial charge on any atom is -0.444 e. The van der Waals surface area contributed by atoms with Gasteiger partial charge in [0.2, 0.25) is 0 Å². The largest absolute Gasteiger partial charge is 0.444 e. The molecule has 0 aliphatic carbocycles. The van der Waals surface area contributed by atoms with E-state index < -0.39 is 0 Å². The highest BCUT2D eigenvalue weighted by Crippen LogP contribution is 2.23. The van der Waals surface area contributed by atoms with Gasteiger partial charge in [-0.3, -0.25) is 5.32 Å². The first-order valence-electron chi connectivity index (χ1n) is 5.21. The number of ether oxygens (including phenoxy) is 1. The van der Waals surface area contributed by atoms with E-state index in [0.29, 0.717) is 12.5 Å². The van der Waals surface area contributed by atoms with E-state index in [0.717, 1.165) is 17.7 Å². The van der Waals surface area contributed by atoms with Crippen LogP contribution in [0.15, 0.2) is 18.2 Å². The van der Waals surface area contributed by atoms with Crippen LogP contribution in [0.5, 0.6) is 0 Å². The van der Waals surface area contributed by atoms with E-state index in [9.17, 15) is 4.79 Å². The highest BCUT2D eigenvalue weighted by molar-refractivity contribution is 5.87. The molecule has 0 radical (unpaired) electrons. The standard InChI is InChI=1S/C12H15NO2/c1-8(2)5-9-3-4-10-7-15-12(14)13-11(10)6-9/h3-4,6,8H,5,7H2,1-2H3,(H,13,14). The molecule has 3 nitrogen and oxygen atoms in total. The lowest BCUT2D eigenvalue weighted by Gasteiger charge is -2.18. The van der Waals surface area contributed by atoms with E-state index in [-0.39, 0.29) is 6.09 Å². The molecule has 1 aromatic rings. The maximum Gasteiger partial charge on any atom is 0.411 e. The average molecular weight is 205 g/mol. The second-order valence-corrected chi connectivity index (χ2v) is 4.29. The van der Waals surface area contributed by atoms with Crippen molar-refractivity contribution >= 4 is 11.8 Å². The molecule has 2 rings (SSSR count). The zero-order valence-corrected chi connectivity index (χ0v) is 9.04. The van der Waals surface area contributed by atoms with Gasteiger partial charge >= 0.3 is 6.09 Å². The Bertz CT molecular complexity index is 385. The summed E-state index contributed by atoms with van der Waals surface area (Å²) in [6.07, 6.45) is 0.675. The van der Waals surface area contributed by atoms with Crippen LogP contribution >= 0.6 is 0 Å². The van der Waals surface area contributed by atoms with Crippen molar-refractivity contribution in [3.05, 3.63) is 29.3 Å². The molecule has 1 heterocycles. The Hall–Kier alpha value is -1.51. The molecule has 1 amide bonds. The van der Waals surface area contributed by atoms with Crippen LogP contribution in [0, 0.1) is 5.92 Å². The molecule has 0 saturated carbocycles. The van der Waals surface area contributed by atoms with E-state index in [1.165, 1.54) is 5.56 Å². The molecule has 0 saturated heterocycles. The van der Waals surface area contributed by atoms with Crippen molar-refractivity contribution in [2.45, 2.75) is 26.9 Å². The van der Waals surface area contributed by atoms with Crippen LogP contribution in [0.3, 0.4) is 0 Å². The highest BCUT2D eigenvalue weighted by Gasteiger charge is 2.15. The molecule has 80 valence electrons. The van der Waals surface area contributed by atoms with E-state index in [2.05, 4.69) is 25.2 Å². The lowest BCUT2D eigenvalue weighted by atomic mass is 10.0. The summed E-state index contributed by atoms with van der Waals surface area (Å²) in [7, 11) is 0. The Balaban J connectivity index is 2.24. The number of rotatable bonds is 2. The van der Waals surface area contributed by atoms with E-state index in [1.54, 1.807) is 0 Å². The third kappa shape index (κ3) is 2.29. The van der Waals surface area contributed by atoms with Gasteiger partial charge in [-0.15, -0.1) is 0 Å². The summed E-state index contributed by atoms with van der Waals surface area (Å²) in [4.78, 5) is 11.0. The predicted molar refractivity (Wildman–Crippen MR) is 58.8 cm³/mol. The van der Waals surface area contributed by atoms with Gasteiger partial charge in [-0.2, -0.15) is 0 Å². The third-order valence-electron chi connectivity index (χ3n) is 2.41. The van der Waals surface area contributed by atoms with Crippen molar-refractivity contribution < 1.29 is 9.53 Å². The van der Waals surface area contributed by atoms with Crippen molar-refractivity contribution in [3.8, 4) is 0 Å². The number of fused-ring (bicyclic) bond motifs is 1. The summed E-state index contributed by atoms with van der Waals surface area (Å²) in [5, 5.41) is 2.71. The smallest absolute Gasteiger partial charge is 0.411 e. The first-order chi connectivity index (χ1) is 7.15. The third-order valence-corrected chi connectivity index (χ3v) is 2.41. The van der Waals surface area contributed by atoms with Gasteiger partial charge in [0.05, 0.1) is 5.69 Å². The van der Waals surface area contributed by atoms with Gasteiger partial charge in [0.25, 0.3) is 0 Å². The monoisotopic (exact) mass is 205 g/mol. The van der Waals surface area contributed by atoms with Gasteiger partial charge in [-0.25, -0.2) is 4.79 Å². The zero-order valence-electron chi connectivity index (χ0n) is 9.04. The number of cyclic esters (lactones) is 1. The number of anilines is 1. The van der Waals surface area contributed by atoms with E-state index in [4.69, 9.17) is 4.74 Å². The molecule has 15 heavy (non-hydrogen) atoms. The maximum atomic E-state index is 11.0. The highest BCUT2D eigenvalue weighted by atomic mass is 16.5. The normalized spacial score (nSPS) is 14.5. The summed E-state index contributed by atoms with van der Waals surface area (Å²) >= 11 is 0. The average Bonchev–Trinajstić information content (AvgIpc) is 2.16. The van der Waals surface area contributed by atoms with Gasteiger partial charge < -0.3 is 4.74 Å². The molecule has 0 bridgehead atoms. The summed E-state index contributed by atoms with van der Waals surface area (Å²) in [5.74, 6) is 0.624. The molecule has 0 atom stereocenters. The first-order valence-corrected chi connectivity index (χ1v) is 5.21. The van der Waals surface area contributed by atoms with Gasteiger partial charge in [0, 0.05) is 5.56 Å². The number of carbonyl (C=O) groups excluding carboxylic acids is 1. The maximum absolute atomic E-state index is 11.0. The first kappa shape index (κ1) is 10.0. The Morgan fingerprint density at radius 2 is 2.27 bits per heavy atom. The fraction of sp³-hybridized carbons (Fsp3) is 0.417. The Kier molecular flexibility index (Phi) is 2.62. The molecule has 0 unspecified atom stereocenters. The second kappa shape index (κ2) is 3.93. The van der Waals surface area contributed by atoms with Crippen molar-refractivity contribution in [2.24, 2.45) is 5.92 Å². The molecule has 0 spiro atoms. The predicted octanol–water partition coefficient (Wildman–Crippen LogP) is 2.95. The number of carbonyl (C=O) groups is 1. The van der Waals surface area contributed by atoms with E-state index >= 15 is 0 Å². The van der Waals surface area contributed by atoms with Gasteiger partial charge in [0.15, 0.2) is 0 Å². The molecular formula is C12H15NO2. The minimum absolute atomic E-state index is 0.357. The Morgan fingerprint density at radius 1 is 1.47 bits per heavy atom. The SMILES string of the molecule is CC(C)Cc1ccc2c(c1)NC(=O)OC2. The fourth-order valence-corrected chi connectivity index (χ4v) is 1.75. The van der Waals surface area contributed by atoms with Crippen molar-refractivity contribution in [3.63, 3.8) is 0 Å². The van der Waals surface area contributed by atoms with Gasteiger partial charge in [0.1, 0.15) is 6.61 Å². The Morgan fingerprint density at radius 3 is 3.00 bits per heavy atom. The molecule has 1 aliphatic rings. The lowest BCUT2D eigenvalue weighted by molar-refractivity contribution is 0.151. The molecule has 1 aliphatic heterocycles. The molecule has 3 heteroatoms. The summed E-state index contributed by atoms with van der Waals surface area (Å²) in [5.41, 5.74) is 3.19. The second-order valence-electron chi connectivity index (χ2n) is 4.29. The van der Waals surface area contributed by atoms with Crippen molar-refractivity contribution in [1.82, 2.24) is 0 Å². The van der Waals surface area contributed by atoms with E-state index in [1.807, 2.05) is 12.1 Å². The quantitative estimate of drug-likeness (QED) is 0.806. The zero-order chi connectivity index (χ0) is 10.8. The number of hydrogen-bond donors (Lipinski definition) is 1. The summed E-state index contributed by atoms with van der Waals surface area (Å²) in [6.45, 7) is 4.74. The molecule has 1 N–H and O–H groups in total. The van der Waals surface area contributed by atoms with Gasteiger partial charge in [-0.05, 0) is 24.0 Å². The van der Waals surface area contributed by atoms with Crippen LogP contribution in [-0.2, 0) is 17.8 Å². The van der Waals surface area contributed by atoms with Crippen molar-refractivity contribution in [1.29, 1.82) is 0 Å². The molecule has 0 aromatic heterocycles. The molecule has 1 aromatic carbocycles. The van der Waals surface area contributed by atoms with Crippen LogP contribution in [0.2, 0.25) is 0 Å². The van der Waals surface area contributed by atoms with Crippen LogP contribution in [-0.4, -0.2) is 6.09 Å². The number of nitrogens with one attached hydrogen (secondary N) is 1. The molecular weight excluding hydrogens is 190 g/mol.